The fourth-order valence-corrected chi connectivity index (χ4v) is 2.34. The molecule has 1 atom stereocenters. The van der Waals surface area contributed by atoms with Gasteiger partial charge in [-0.15, -0.1) is 0 Å². The highest BCUT2D eigenvalue weighted by atomic mass is 35.5. The van der Waals surface area contributed by atoms with Crippen LogP contribution in [0.1, 0.15) is 30.0 Å². The van der Waals surface area contributed by atoms with Gasteiger partial charge in [0.1, 0.15) is 17.3 Å². The molecule has 0 aliphatic heterocycles. The Morgan fingerprint density at radius 3 is 2.68 bits per heavy atom. The molecular formula is C14H15Cl2NO2. The molecule has 0 bridgehead atoms. The quantitative estimate of drug-likeness (QED) is 0.876. The zero-order valence-corrected chi connectivity index (χ0v) is 12.2. The van der Waals surface area contributed by atoms with Gasteiger partial charge in [0.2, 0.25) is 0 Å². The van der Waals surface area contributed by atoms with Crippen LogP contribution in [0, 0.1) is 6.92 Å². The van der Waals surface area contributed by atoms with Gasteiger partial charge in [0, 0.05) is 17.1 Å². The maximum Gasteiger partial charge on any atom is 0.138 e. The zero-order valence-electron chi connectivity index (χ0n) is 10.7. The second-order valence-corrected chi connectivity index (χ2v) is 5.29. The Morgan fingerprint density at radius 1 is 1.32 bits per heavy atom. The minimum atomic E-state index is 0.0332. The minimum Gasteiger partial charge on any atom is -0.506 e. The second kappa shape index (κ2) is 5.87. The van der Waals surface area contributed by atoms with Crippen LogP contribution in [0.3, 0.4) is 0 Å². The molecule has 2 N–H and O–H groups in total. The molecule has 0 saturated carbocycles. The van der Waals surface area contributed by atoms with Crippen molar-refractivity contribution in [2.75, 3.05) is 0 Å². The normalized spacial score (nSPS) is 12.6. The summed E-state index contributed by atoms with van der Waals surface area (Å²) in [6.45, 7) is 4.34. The zero-order chi connectivity index (χ0) is 14.0. The first-order valence-electron chi connectivity index (χ1n) is 5.94. The van der Waals surface area contributed by atoms with E-state index in [0.29, 0.717) is 17.1 Å². The molecule has 2 aromatic rings. The third kappa shape index (κ3) is 3.44. The first kappa shape index (κ1) is 14.3. The van der Waals surface area contributed by atoms with Gasteiger partial charge in [-0.1, -0.05) is 23.2 Å². The van der Waals surface area contributed by atoms with Gasteiger partial charge in [0.15, 0.2) is 0 Å². The monoisotopic (exact) mass is 299 g/mol. The highest BCUT2D eigenvalue weighted by Crippen LogP contribution is 2.31. The Kier molecular flexibility index (Phi) is 4.40. The van der Waals surface area contributed by atoms with Gasteiger partial charge in [0.25, 0.3) is 0 Å². The molecule has 1 heterocycles. The third-order valence-corrected chi connectivity index (χ3v) is 3.40. The summed E-state index contributed by atoms with van der Waals surface area (Å²) in [7, 11) is 0. The number of nitrogens with one attached hydrogen (secondary N) is 1. The summed E-state index contributed by atoms with van der Waals surface area (Å²) in [4.78, 5) is 0. The molecule has 0 fully saturated rings. The van der Waals surface area contributed by atoms with Crippen molar-refractivity contribution in [3.8, 4) is 5.75 Å². The average Bonchev–Trinajstić information content (AvgIpc) is 2.78. The smallest absolute Gasteiger partial charge is 0.138 e. The van der Waals surface area contributed by atoms with Gasteiger partial charge in [0.05, 0.1) is 11.1 Å². The molecule has 2 rings (SSSR count). The van der Waals surface area contributed by atoms with Gasteiger partial charge < -0.3 is 14.8 Å². The van der Waals surface area contributed by atoms with E-state index in [2.05, 4.69) is 5.32 Å². The van der Waals surface area contributed by atoms with Crippen LogP contribution >= 0.6 is 23.2 Å². The summed E-state index contributed by atoms with van der Waals surface area (Å²) >= 11 is 11.8. The summed E-state index contributed by atoms with van der Waals surface area (Å²) in [6.07, 6.45) is 0. The molecule has 0 aliphatic carbocycles. The van der Waals surface area contributed by atoms with Gasteiger partial charge in [-0.2, -0.15) is 0 Å². The fourth-order valence-electron chi connectivity index (χ4n) is 1.80. The highest BCUT2D eigenvalue weighted by molar-refractivity contribution is 6.35. The minimum absolute atomic E-state index is 0.0332. The first-order chi connectivity index (χ1) is 8.97. The lowest BCUT2D eigenvalue weighted by molar-refractivity contribution is 0.410. The van der Waals surface area contributed by atoms with E-state index in [1.54, 1.807) is 6.07 Å². The van der Waals surface area contributed by atoms with Gasteiger partial charge >= 0.3 is 0 Å². The van der Waals surface area contributed by atoms with Gasteiger partial charge in [-0.25, -0.2) is 0 Å². The fraction of sp³-hybridized carbons (Fsp3) is 0.286. The summed E-state index contributed by atoms with van der Waals surface area (Å²) in [5.74, 6) is 1.78. The summed E-state index contributed by atoms with van der Waals surface area (Å²) in [5, 5.41) is 13.9. The van der Waals surface area contributed by atoms with Crippen LogP contribution in [0.25, 0.3) is 0 Å². The van der Waals surface area contributed by atoms with Gasteiger partial charge in [-0.05, 0) is 38.1 Å². The van der Waals surface area contributed by atoms with E-state index < -0.39 is 0 Å². The summed E-state index contributed by atoms with van der Waals surface area (Å²) in [6, 6.07) is 7.08. The van der Waals surface area contributed by atoms with Crippen molar-refractivity contribution in [2.45, 2.75) is 26.4 Å². The Hall–Kier alpha value is -1.16. The average molecular weight is 300 g/mol. The Labute approximate surface area is 122 Å². The molecular weight excluding hydrogens is 285 g/mol. The highest BCUT2D eigenvalue weighted by Gasteiger charge is 2.12. The number of aromatic hydroxyl groups is 1. The van der Waals surface area contributed by atoms with E-state index in [1.165, 1.54) is 6.07 Å². The van der Waals surface area contributed by atoms with Crippen LogP contribution in [-0.2, 0) is 6.54 Å². The van der Waals surface area contributed by atoms with Crippen molar-refractivity contribution in [2.24, 2.45) is 0 Å². The Morgan fingerprint density at radius 2 is 2.05 bits per heavy atom. The largest absolute Gasteiger partial charge is 0.506 e. The lowest BCUT2D eigenvalue weighted by Crippen LogP contribution is -2.17. The van der Waals surface area contributed by atoms with Crippen molar-refractivity contribution in [1.82, 2.24) is 5.32 Å². The molecule has 19 heavy (non-hydrogen) atoms. The summed E-state index contributed by atoms with van der Waals surface area (Å²) in [5.41, 5.74) is 0.660. The number of benzene rings is 1. The molecule has 0 aliphatic rings. The van der Waals surface area contributed by atoms with Gasteiger partial charge in [-0.3, -0.25) is 0 Å². The molecule has 0 radical (unpaired) electrons. The Balaban J connectivity index is 2.06. The number of phenolic OH excluding ortho intramolecular Hbond substituents is 1. The van der Waals surface area contributed by atoms with Crippen LogP contribution in [-0.4, -0.2) is 5.11 Å². The molecule has 1 aromatic heterocycles. The lowest BCUT2D eigenvalue weighted by atomic mass is 10.1. The predicted octanol–water partition coefficient (Wildman–Crippen LogP) is 4.45. The van der Waals surface area contributed by atoms with Crippen molar-refractivity contribution in [3.05, 3.63) is 51.4 Å². The van der Waals surface area contributed by atoms with Crippen molar-refractivity contribution < 1.29 is 9.52 Å². The number of halogens is 2. The van der Waals surface area contributed by atoms with E-state index in [0.717, 1.165) is 11.5 Å². The van der Waals surface area contributed by atoms with Crippen LogP contribution in [0.4, 0.5) is 0 Å². The van der Waals surface area contributed by atoms with E-state index >= 15 is 0 Å². The van der Waals surface area contributed by atoms with Crippen LogP contribution in [0.5, 0.6) is 5.75 Å². The molecule has 5 heteroatoms. The lowest BCUT2D eigenvalue weighted by Gasteiger charge is -2.13. The summed E-state index contributed by atoms with van der Waals surface area (Å²) < 4.78 is 5.53. The molecule has 1 unspecified atom stereocenters. The third-order valence-electron chi connectivity index (χ3n) is 2.89. The van der Waals surface area contributed by atoms with Crippen LogP contribution in [0.2, 0.25) is 10.0 Å². The van der Waals surface area contributed by atoms with Crippen molar-refractivity contribution >= 4 is 23.2 Å². The topological polar surface area (TPSA) is 45.4 Å². The standard InChI is InChI=1S/C14H15Cl2NO2/c1-8-3-4-13(19-8)9(2)17-7-10-5-11(15)6-12(16)14(10)18/h3-6,9,17-18H,7H2,1-2H3. The van der Waals surface area contributed by atoms with E-state index in [-0.39, 0.29) is 16.8 Å². The second-order valence-electron chi connectivity index (χ2n) is 4.45. The SMILES string of the molecule is Cc1ccc(C(C)NCc2cc(Cl)cc(Cl)c2O)o1. The number of aryl methyl sites for hydroxylation is 1. The molecule has 102 valence electrons. The number of furan rings is 1. The van der Waals surface area contributed by atoms with E-state index in [9.17, 15) is 5.11 Å². The Bertz CT molecular complexity index is 581. The number of hydrogen-bond acceptors (Lipinski definition) is 3. The van der Waals surface area contributed by atoms with E-state index in [4.69, 9.17) is 27.6 Å². The number of rotatable bonds is 4. The van der Waals surface area contributed by atoms with Crippen molar-refractivity contribution in [3.63, 3.8) is 0 Å². The predicted molar refractivity (Wildman–Crippen MR) is 76.8 cm³/mol. The van der Waals surface area contributed by atoms with E-state index in [1.807, 2.05) is 26.0 Å². The number of hydrogen-bond donors (Lipinski definition) is 2. The number of phenols is 1. The molecule has 0 amide bonds. The molecule has 0 spiro atoms. The molecule has 0 saturated heterocycles. The van der Waals surface area contributed by atoms with Crippen LogP contribution < -0.4 is 5.32 Å². The maximum atomic E-state index is 9.86. The molecule has 1 aromatic carbocycles. The maximum absolute atomic E-state index is 9.86. The van der Waals surface area contributed by atoms with Crippen molar-refractivity contribution in [1.29, 1.82) is 0 Å². The first-order valence-corrected chi connectivity index (χ1v) is 6.69. The molecule has 3 nitrogen and oxygen atoms in total. The van der Waals surface area contributed by atoms with Crippen LogP contribution in [0.15, 0.2) is 28.7 Å².